The first-order chi connectivity index (χ1) is 16.0. The number of benzene rings is 2. The highest BCUT2D eigenvalue weighted by Gasteiger charge is 2.16. The van der Waals surface area contributed by atoms with Crippen molar-refractivity contribution in [2.24, 2.45) is 0 Å². The Morgan fingerprint density at radius 3 is 2.70 bits per heavy atom. The van der Waals surface area contributed by atoms with E-state index >= 15 is 0 Å². The van der Waals surface area contributed by atoms with Gasteiger partial charge in [-0.1, -0.05) is 35.9 Å². The number of fused-ring (bicyclic) bond motifs is 1. The fraction of sp³-hybridized carbons (Fsp3) is 0.125. The Labute approximate surface area is 193 Å². The fourth-order valence-electron chi connectivity index (χ4n) is 3.11. The van der Waals surface area contributed by atoms with E-state index in [1.165, 1.54) is 18.2 Å². The highest BCUT2D eigenvalue weighted by Crippen LogP contribution is 2.31. The van der Waals surface area contributed by atoms with Gasteiger partial charge in [0.05, 0.1) is 22.7 Å². The zero-order valence-corrected chi connectivity index (χ0v) is 18.0. The third-order valence-corrected chi connectivity index (χ3v) is 5.06. The second kappa shape index (κ2) is 9.83. The van der Waals surface area contributed by atoms with E-state index in [1.807, 2.05) is 0 Å². The van der Waals surface area contributed by atoms with Crippen molar-refractivity contribution in [3.63, 3.8) is 0 Å². The van der Waals surface area contributed by atoms with E-state index in [2.05, 4.69) is 10.3 Å². The van der Waals surface area contributed by atoms with Crippen LogP contribution >= 0.6 is 11.6 Å². The number of nitrogens with one attached hydrogen (secondary N) is 1. The average Bonchev–Trinajstić information content (AvgIpc) is 2.83. The molecule has 0 fully saturated rings. The van der Waals surface area contributed by atoms with Crippen LogP contribution in [-0.4, -0.2) is 40.4 Å². The maximum Gasteiger partial charge on any atom is 0.274 e. The number of ether oxygens (including phenoxy) is 1. The molecule has 2 aromatic heterocycles. The van der Waals surface area contributed by atoms with Crippen molar-refractivity contribution >= 4 is 34.2 Å². The lowest BCUT2D eigenvalue weighted by atomic mass is 10.1. The number of rotatable bonds is 7. The van der Waals surface area contributed by atoms with Crippen LogP contribution in [0.5, 0.6) is 5.88 Å². The number of halogens is 1. The molecule has 4 rings (SSSR count). The number of aromatic nitrogens is 1. The van der Waals surface area contributed by atoms with Gasteiger partial charge in [0.1, 0.15) is 24.2 Å². The van der Waals surface area contributed by atoms with E-state index in [1.54, 1.807) is 48.5 Å². The first-order valence-electron chi connectivity index (χ1n) is 9.98. The monoisotopic (exact) mass is 466 g/mol. The van der Waals surface area contributed by atoms with E-state index < -0.39 is 18.6 Å². The van der Waals surface area contributed by atoms with Crippen molar-refractivity contribution in [1.82, 2.24) is 4.98 Å². The number of anilines is 1. The fourth-order valence-corrected chi connectivity index (χ4v) is 3.34. The van der Waals surface area contributed by atoms with Crippen LogP contribution in [0.1, 0.15) is 10.5 Å². The van der Waals surface area contributed by atoms with E-state index in [4.69, 9.17) is 25.9 Å². The smallest absolute Gasteiger partial charge is 0.274 e. The van der Waals surface area contributed by atoms with Crippen LogP contribution in [0.25, 0.3) is 22.3 Å². The van der Waals surface area contributed by atoms with E-state index in [9.17, 15) is 14.7 Å². The number of hydrogen-bond donors (Lipinski definition) is 3. The molecule has 168 valence electrons. The van der Waals surface area contributed by atoms with Gasteiger partial charge >= 0.3 is 0 Å². The molecular formula is C24H19ClN2O6. The summed E-state index contributed by atoms with van der Waals surface area (Å²) in [7, 11) is 0. The van der Waals surface area contributed by atoms with E-state index in [0.717, 1.165) is 0 Å². The molecule has 8 nitrogen and oxygen atoms in total. The van der Waals surface area contributed by atoms with Crippen LogP contribution in [0.3, 0.4) is 0 Å². The summed E-state index contributed by atoms with van der Waals surface area (Å²) in [6, 6.07) is 17.8. The van der Waals surface area contributed by atoms with Crippen molar-refractivity contribution in [3.05, 3.63) is 87.7 Å². The van der Waals surface area contributed by atoms with E-state index in [0.29, 0.717) is 16.0 Å². The molecule has 0 saturated heterocycles. The Morgan fingerprint density at radius 1 is 1.12 bits per heavy atom. The van der Waals surface area contributed by atoms with Crippen LogP contribution in [-0.2, 0) is 0 Å². The normalized spacial score (nSPS) is 11.8. The average molecular weight is 467 g/mol. The Hall–Kier alpha value is -3.72. The quantitative estimate of drug-likeness (QED) is 0.381. The number of aliphatic hydroxyl groups excluding tert-OH is 2. The Balaban J connectivity index is 1.66. The minimum absolute atomic E-state index is 0.0487. The summed E-state index contributed by atoms with van der Waals surface area (Å²) >= 11 is 6.25. The van der Waals surface area contributed by atoms with Gasteiger partial charge in [0.15, 0.2) is 11.0 Å². The zero-order chi connectivity index (χ0) is 23.4. The lowest BCUT2D eigenvalue weighted by Crippen LogP contribution is -2.22. The predicted octanol–water partition coefficient (Wildman–Crippen LogP) is 3.49. The van der Waals surface area contributed by atoms with Crippen LogP contribution in [0.2, 0.25) is 5.02 Å². The third kappa shape index (κ3) is 5.04. The second-order valence-corrected chi connectivity index (χ2v) is 7.51. The molecule has 0 aliphatic carbocycles. The summed E-state index contributed by atoms with van der Waals surface area (Å²) in [6.07, 6.45) is -1.06. The Kier molecular flexibility index (Phi) is 6.69. The van der Waals surface area contributed by atoms with Crippen LogP contribution in [0.15, 0.2) is 75.9 Å². The van der Waals surface area contributed by atoms with Crippen molar-refractivity contribution in [1.29, 1.82) is 0 Å². The molecule has 9 heteroatoms. The predicted molar refractivity (Wildman–Crippen MR) is 124 cm³/mol. The standard InChI is InChI=1S/C24H19ClN2O6/c25-17-7-2-1-5-15(17)21-11-20(30)16-6-3-8-18(23(16)33-21)27-24(31)19-9-4-10-22(26-19)32-13-14(29)12-28/h1-11,14,28-29H,12-13H2,(H,27,31). The Morgan fingerprint density at radius 2 is 1.91 bits per heavy atom. The lowest BCUT2D eigenvalue weighted by molar-refractivity contribution is 0.0520. The first kappa shape index (κ1) is 22.5. The molecule has 1 atom stereocenters. The second-order valence-electron chi connectivity index (χ2n) is 7.10. The number of aliphatic hydroxyl groups is 2. The van der Waals surface area contributed by atoms with Gasteiger partial charge in [-0.15, -0.1) is 0 Å². The summed E-state index contributed by atoms with van der Waals surface area (Å²) in [4.78, 5) is 29.7. The largest absolute Gasteiger partial charge is 0.475 e. The molecule has 4 aromatic rings. The Bertz CT molecular complexity index is 1370. The van der Waals surface area contributed by atoms with Crippen molar-refractivity contribution < 1.29 is 24.2 Å². The zero-order valence-electron chi connectivity index (χ0n) is 17.2. The maximum absolute atomic E-state index is 12.8. The molecule has 0 spiro atoms. The third-order valence-electron chi connectivity index (χ3n) is 4.73. The molecule has 0 bridgehead atoms. The minimum atomic E-state index is -1.06. The summed E-state index contributed by atoms with van der Waals surface area (Å²) in [6.45, 7) is -0.628. The van der Waals surface area contributed by atoms with Gasteiger partial charge in [-0.05, 0) is 30.3 Å². The van der Waals surface area contributed by atoms with Gasteiger partial charge in [0, 0.05) is 17.7 Å². The number of hydrogen-bond acceptors (Lipinski definition) is 7. The number of para-hydroxylation sites is 1. The molecule has 0 radical (unpaired) electrons. The van der Waals surface area contributed by atoms with Gasteiger partial charge in [-0.25, -0.2) is 4.98 Å². The topological polar surface area (TPSA) is 122 Å². The molecule has 0 aliphatic rings. The van der Waals surface area contributed by atoms with Gasteiger partial charge < -0.3 is 24.7 Å². The molecule has 1 amide bonds. The maximum atomic E-state index is 12.8. The highest BCUT2D eigenvalue weighted by atomic mass is 35.5. The molecule has 0 saturated carbocycles. The molecule has 1 unspecified atom stereocenters. The first-order valence-corrected chi connectivity index (χ1v) is 10.4. The summed E-state index contributed by atoms with van der Waals surface area (Å²) < 4.78 is 11.3. The summed E-state index contributed by atoms with van der Waals surface area (Å²) in [5.74, 6) is -0.169. The van der Waals surface area contributed by atoms with Crippen LogP contribution < -0.4 is 15.5 Å². The van der Waals surface area contributed by atoms with Crippen molar-refractivity contribution in [3.8, 4) is 17.2 Å². The molecule has 2 aromatic carbocycles. The van der Waals surface area contributed by atoms with E-state index in [-0.39, 0.29) is 40.6 Å². The summed E-state index contributed by atoms with van der Waals surface area (Å²) in [5.41, 5.74) is 0.806. The minimum Gasteiger partial charge on any atom is -0.475 e. The van der Waals surface area contributed by atoms with Crippen LogP contribution in [0, 0.1) is 0 Å². The number of carbonyl (C=O) groups excluding carboxylic acids is 1. The number of carbonyl (C=O) groups is 1. The van der Waals surface area contributed by atoms with Crippen molar-refractivity contribution in [2.45, 2.75) is 6.10 Å². The van der Waals surface area contributed by atoms with Crippen molar-refractivity contribution in [2.75, 3.05) is 18.5 Å². The SMILES string of the molecule is O=C(Nc1cccc2c(=O)cc(-c3ccccc3Cl)oc12)c1cccc(OCC(O)CO)n1. The number of amides is 1. The molecule has 2 heterocycles. The van der Waals surface area contributed by atoms with Gasteiger partial charge in [-0.2, -0.15) is 0 Å². The van der Waals surface area contributed by atoms with Gasteiger partial charge in [0.2, 0.25) is 5.88 Å². The number of nitrogens with zero attached hydrogens (tertiary/aromatic N) is 1. The lowest BCUT2D eigenvalue weighted by Gasteiger charge is -2.11. The highest BCUT2D eigenvalue weighted by molar-refractivity contribution is 6.33. The van der Waals surface area contributed by atoms with Crippen LogP contribution in [0.4, 0.5) is 5.69 Å². The molecule has 0 aliphatic heterocycles. The molecule has 3 N–H and O–H groups in total. The number of pyridine rings is 1. The van der Waals surface area contributed by atoms with Gasteiger partial charge in [0.25, 0.3) is 5.91 Å². The molecule has 33 heavy (non-hydrogen) atoms. The van der Waals surface area contributed by atoms with Gasteiger partial charge in [-0.3, -0.25) is 9.59 Å². The summed E-state index contributed by atoms with van der Waals surface area (Å²) in [5, 5.41) is 21.7. The molecular weight excluding hydrogens is 448 g/mol.